The van der Waals surface area contributed by atoms with Crippen LogP contribution in [0.25, 0.3) is 0 Å². The zero-order valence-corrected chi connectivity index (χ0v) is 13.0. The van der Waals surface area contributed by atoms with Crippen LogP contribution in [0, 0.1) is 16.7 Å². The molecular weight excluding hydrogens is 264 g/mol. The maximum absolute atomic E-state index is 12.3. The Morgan fingerprint density at radius 1 is 1.29 bits per heavy atom. The van der Waals surface area contributed by atoms with Crippen molar-refractivity contribution in [1.82, 2.24) is 0 Å². The van der Waals surface area contributed by atoms with Gasteiger partial charge in [-0.3, -0.25) is 0 Å². The predicted octanol–water partition coefficient (Wildman–Crippen LogP) is 3.48. The van der Waals surface area contributed by atoms with Crippen molar-refractivity contribution in [2.24, 2.45) is 16.7 Å². The van der Waals surface area contributed by atoms with Gasteiger partial charge in [0.2, 0.25) is 0 Å². The van der Waals surface area contributed by atoms with Crippen molar-refractivity contribution < 1.29 is 14.6 Å². The highest BCUT2D eigenvalue weighted by atomic mass is 16.6. The van der Waals surface area contributed by atoms with E-state index in [0.29, 0.717) is 11.5 Å². The van der Waals surface area contributed by atoms with Crippen molar-refractivity contribution in [3.63, 3.8) is 0 Å². The predicted molar refractivity (Wildman–Crippen MR) is 80.5 cm³/mol. The second-order valence-corrected chi connectivity index (χ2v) is 7.35. The summed E-state index contributed by atoms with van der Waals surface area (Å²) in [6, 6.07) is 8.99. The quantitative estimate of drug-likeness (QED) is 0.866. The van der Waals surface area contributed by atoms with E-state index in [9.17, 15) is 9.90 Å². The molecule has 0 spiro atoms. The van der Waals surface area contributed by atoms with Crippen LogP contribution >= 0.6 is 0 Å². The first kappa shape index (κ1) is 14.6. The molecule has 0 radical (unpaired) electrons. The molecule has 2 fully saturated rings. The standard InChI is InChI=1S/C18H24O3/c1-17(2)13-9-10-18(17,3)14(11-13)21-16(20)15(19)12-7-5-4-6-8-12/h4-8,13-15,19H,9-11H2,1-3H3/t13-,14+,15+,18+/m0/s1. The Labute approximate surface area is 126 Å². The van der Waals surface area contributed by atoms with Crippen LogP contribution in [0.5, 0.6) is 0 Å². The molecule has 3 heteroatoms. The van der Waals surface area contributed by atoms with E-state index in [1.165, 1.54) is 6.42 Å². The number of fused-ring (bicyclic) bond motifs is 2. The number of aliphatic hydroxyl groups excluding tert-OH is 1. The first-order valence-electron chi connectivity index (χ1n) is 7.80. The molecule has 0 heterocycles. The van der Waals surface area contributed by atoms with Gasteiger partial charge in [-0.1, -0.05) is 51.1 Å². The van der Waals surface area contributed by atoms with Crippen LogP contribution in [0.4, 0.5) is 0 Å². The fourth-order valence-corrected chi connectivity index (χ4v) is 4.28. The molecule has 114 valence electrons. The van der Waals surface area contributed by atoms with Crippen LogP contribution in [0.15, 0.2) is 30.3 Å². The first-order valence-corrected chi connectivity index (χ1v) is 7.80. The van der Waals surface area contributed by atoms with Crippen molar-refractivity contribution in [2.75, 3.05) is 0 Å². The van der Waals surface area contributed by atoms with Crippen molar-refractivity contribution >= 4 is 5.97 Å². The summed E-state index contributed by atoms with van der Waals surface area (Å²) in [5.74, 6) is 0.102. The molecule has 0 amide bonds. The van der Waals surface area contributed by atoms with Gasteiger partial charge < -0.3 is 9.84 Å². The number of rotatable bonds is 3. The second kappa shape index (κ2) is 4.84. The van der Waals surface area contributed by atoms with Gasteiger partial charge in [-0.05, 0) is 36.2 Å². The van der Waals surface area contributed by atoms with Crippen molar-refractivity contribution in [2.45, 2.75) is 52.2 Å². The minimum atomic E-state index is -1.18. The topological polar surface area (TPSA) is 46.5 Å². The molecule has 0 saturated heterocycles. The average molecular weight is 288 g/mol. The maximum Gasteiger partial charge on any atom is 0.339 e. The largest absolute Gasteiger partial charge is 0.460 e. The summed E-state index contributed by atoms with van der Waals surface area (Å²) in [4.78, 5) is 12.3. The van der Waals surface area contributed by atoms with Crippen LogP contribution < -0.4 is 0 Å². The molecule has 2 saturated carbocycles. The smallest absolute Gasteiger partial charge is 0.339 e. The highest BCUT2D eigenvalue weighted by Crippen LogP contribution is 2.66. The maximum atomic E-state index is 12.3. The molecule has 3 rings (SSSR count). The first-order chi connectivity index (χ1) is 9.86. The second-order valence-electron chi connectivity index (χ2n) is 7.35. The number of ether oxygens (including phenoxy) is 1. The van der Waals surface area contributed by atoms with Gasteiger partial charge >= 0.3 is 5.97 Å². The number of esters is 1. The van der Waals surface area contributed by atoms with Gasteiger partial charge in [-0.25, -0.2) is 4.79 Å². The van der Waals surface area contributed by atoms with E-state index in [4.69, 9.17) is 4.74 Å². The Kier molecular flexibility index (Phi) is 3.36. The van der Waals surface area contributed by atoms with E-state index in [-0.39, 0.29) is 16.9 Å². The summed E-state index contributed by atoms with van der Waals surface area (Å²) in [6.45, 7) is 6.80. The molecule has 2 aliphatic rings. The Morgan fingerprint density at radius 3 is 2.48 bits per heavy atom. The lowest BCUT2D eigenvalue weighted by Gasteiger charge is -2.38. The Morgan fingerprint density at radius 2 is 1.95 bits per heavy atom. The van der Waals surface area contributed by atoms with Gasteiger partial charge in [-0.15, -0.1) is 0 Å². The van der Waals surface area contributed by atoms with E-state index in [2.05, 4.69) is 20.8 Å². The zero-order valence-electron chi connectivity index (χ0n) is 13.0. The van der Waals surface area contributed by atoms with Crippen molar-refractivity contribution in [3.05, 3.63) is 35.9 Å². The lowest BCUT2D eigenvalue weighted by molar-refractivity contribution is -0.167. The summed E-state index contributed by atoms with van der Waals surface area (Å²) in [7, 11) is 0. The normalized spacial score (nSPS) is 34.7. The highest BCUT2D eigenvalue weighted by molar-refractivity contribution is 5.76. The van der Waals surface area contributed by atoms with Crippen molar-refractivity contribution in [3.8, 4) is 0 Å². The Bertz CT molecular complexity index is 537. The summed E-state index contributed by atoms with van der Waals surface area (Å²) in [6.07, 6.45) is 1.99. The number of carbonyl (C=O) groups excluding carboxylic acids is 1. The third-order valence-electron chi connectivity index (χ3n) is 6.31. The van der Waals surface area contributed by atoms with E-state index >= 15 is 0 Å². The van der Waals surface area contributed by atoms with Gasteiger partial charge in [0.05, 0.1) is 0 Å². The molecule has 2 bridgehead atoms. The zero-order chi connectivity index (χ0) is 15.3. The highest BCUT2D eigenvalue weighted by Gasteiger charge is 2.63. The number of hydrogen-bond acceptors (Lipinski definition) is 3. The molecule has 1 N–H and O–H groups in total. The number of hydrogen-bond donors (Lipinski definition) is 1. The van der Waals surface area contributed by atoms with Gasteiger partial charge in [0.15, 0.2) is 6.10 Å². The minimum absolute atomic E-state index is 0.0315. The van der Waals surface area contributed by atoms with Gasteiger partial charge in [0.25, 0.3) is 0 Å². The van der Waals surface area contributed by atoms with Crippen molar-refractivity contribution in [1.29, 1.82) is 0 Å². The summed E-state index contributed by atoms with van der Waals surface area (Å²) in [5.41, 5.74) is 0.828. The van der Waals surface area contributed by atoms with Crippen LogP contribution in [0.2, 0.25) is 0 Å². The number of aliphatic hydroxyl groups is 1. The van der Waals surface area contributed by atoms with E-state index in [1.54, 1.807) is 12.1 Å². The lowest BCUT2D eigenvalue weighted by atomic mass is 9.70. The minimum Gasteiger partial charge on any atom is -0.460 e. The molecule has 0 unspecified atom stereocenters. The Hall–Kier alpha value is -1.35. The van der Waals surface area contributed by atoms with Crippen LogP contribution in [0.3, 0.4) is 0 Å². The van der Waals surface area contributed by atoms with E-state index in [0.717, 1.165) is 12.8 Å². The summed E-state index contributed by atoms with van der Waals surface area (Å²) >= 11 is 0. The van der Waals surface area contributed by atoms with Gasteiger partial charge in [0.1, 0.15) is 6.10 Å². The lowest BCUT2D eigenvalue weighted by Crippen LogP contribution is -2.39. The number of benzene rings is 1. The van der Waals surface area contributed by atoms with Gasteiger partial charge in [-0.2, -0.15) is 0 Å². The molecule has 0 aromatic heterocycles. The third kappa shape index (κ3) is 2.10. The molecule has 1 aromatic carbocycles. The molecule has 0 aliphatic heterocycles. The van der Waals surface area contributed by atoms with Crippen LogP contribution in [0.1, 0.15) is 51.7 Å². The molecule has 2 aliphatic carbocycles. The molecule has 1 aromatic rings. The Balaban J connectivity index is 1.72. The fraction of sp³-hybridized carbons (Fsp3) is 0.611. The summed E-state index contributed by atoms with van der Waals surface area (Å²) in [5, 5.41) is 10.2. The average Bonchev–Trinajstić information content (AvgIpc) is 2.80. The monoisotopic (exact) mass is 288 g/mol. The molecule has 21 heavy (non-hydrogen) atoms. The fourth-order valence-electron chi connectivity index (χ4n) is 4.28. The number of carbonyl (C=O) groups is 1. The van der Waals surface area contributed by atoms with E-state index < -0.39 is 12.1 Å². The molecule has 4 atom stereocenters. The summed E-state index contributed by atoms with van der Waals surface area (Å²) < 4.78 is 5.71. The SMILES string of the molecule is CC1(C)[C@H]2CC[C@]1(C)[C@H](OC(=O)[C@H](O)c1ccccc1)C2. The van der Waals surface area contributed by atoms with Crippen LogP contribution in [-0.2, 0) is 9.53 Å². The van der Waals surface area contributed by atoms with E-state index in [1.807, 2.05) is 18.2 Å². The molecular formula is C18H24O3. The van der Waals surface area contributed by atoms with Gasteiger partial charge in [0, 0.05) is 5.41 Å². The molecule has 3 nitrogen and oxygen atoms in total. The van der Waals surface area contributed by atoms with Crippen LogP contribution in [-0.4, -0.2) is 17.2 Å². The third-order valence-corrected chi connectivity index (χ3v) is 6.31.